The number of nitrogens with one attached hydrogen (secondary N) is 1. The maximum atomic E-state index is 13.5. The average Bonchev–Trinajstić information content (AvgIpc) is 3.17. The zero-order chi connectivity index (χ0) is 25.1. The monoisotopic (exact) mass is 493 g/mol. The first-order valence-corrected chi connectivity index (χ1v) is 11.0. The predicted molar refractivity (Wildman–Crippen MR) is 108 cm³/mol. The van der Waals surface area contributed by atoms with E-state index < -0.39 is 54.5 Å². The van der Waals surface area contributed by atoms with Crippen molar-refractivity contribution in [1.82, 2.24) is 20.0 Å². The normalized spacial score (nSPS) is 27.8. The number of nitrogens with two attached hydrogens (primary N) is 1. The highest BCUT2D eigenvalue weighted by Gasteiger charge is 2.64. The predicted octanol–water partition coefficient (Wildman–Crippen LogP) is 3.60. The third-order valence-electron chi connectivity index (χ3n) is 7.05. The lowest BCUT2D eigenvalue weighted by atomic mass is 9.71. The molecule has 2 saturated carbocycles. The second kappa shape index (κ2) is 8.19. The van der Waals surface area contributed by atoms with Crippen LogP contribution in [0.1, 0.15) is 54.9 Å². The Labute approximate surface area is 191 Å². The fraction of sp³-hybridized carbons (Fsp3) is 0.667. The minimum atomic E-state index is -4.29. The molecule has 0 bridgehead atoms. The second-order valence-electron chi connectivity index (χ2n) is 9.35. The van der Waals surface area contributed by atoms with E-state index in [1.165, 1.54) is 10.9 Å². The van der Waals surface area contributed by atoms with Crippen LogP contribution in [0.3, 0.4) is 0 Å². The van der Waals surface area contributed by atoms with Gasteiger partial charge in [-0.25, -0.2) is 13.5 Å². The van der Waals surface area contributed by atoms with Gasteiger partial charge in [-0.05, 0) is 25.7 Å². The van der Waals surface area contributed by atoms with E-state index in [1.54, 1.807) is 0 Å². The zero-order valence-corrected chi connectivity index (χ0v) is 18.2. The third kappa shape index (κ3) is 4.24. The topological polar surface area (TPSA) is 93.2 Å². The summed E-state index contributed by atoms with van der Waals surface area (Å²) in [4.78, 5) is 25.7. The van der Waals surface area contributed by atoms with E-state index in [2.05, 4.69) is 17.0 Å². The molecule has 1 aromatic rings. The van der Waals surface area contributed by atoms with Gasteiger partial charge in [0.25, 0.3) is 5.91 Å². The van der Waals surface area contributed by atoms with Crippen LogP contribution in [0.15, 0.2) is 18.5 Å². The van der Waals surface area contributed by atoms with Gasteiger partial charge in [0.1, 0.15) is 11.4 Å². The number of hydrogen-bond donors (Lipinski definition) is 2. The van der Waals surface area contributed by atoms with Gasteiger partial charge in [0.2, 0.25) is 11.8 Å². The minimum Gasteiger partial charge on any atom is -0.383 e. The van der Waals surface area contributed by atoms with Crippen molar-refractivity contribution in [3.63, 3.8) is 0 Å². The van der Waals surface area contributed by atoms with Crippen LogP contribution in [-0.4, -0.2) is 57.4 Å². The first kappa shape index (κ1) is 24.4. The third-order valence-corrected chi connectivity index (χ3v) is 7.05. The number of anilines is 1. The van der Waals surface area contributed by atoms with Gasteiger partial charge in [-0.3, -0.25) is 9.59 Å². The lowest BCUT2D eigenvalue weighted by molar-refractivity contribution is -0.172. The molecule has 0 unspecified atom stereocenters. The summed E-state index contributed by atoms with van der Waals surface area (Å²) in [6.45, 7) is 1.04. The molecule has 1 aromatic heterocycles. The van der Waals surface area contributed by atoms with Gasteiger partial charge < -0.3 is 16.0 Å². The zero-order valence-electron chi connectivity index (χ0n) is 18.2. The number of rotatable bonds is 5. The van der Waals surface area contributed by atoms with E-state index in [0.29, 0.717) is 17.7 Å². The number of nitrogens with zero attached hydrogens (tertiary/aromatic N) is 3. The van der Waals surface area contributed by atoms with Crippen molar-refractivity contribution in [2.75, 3.05) is 18.8 Å². The lowest BCUT2D eigenvalue weighted by Gasteiger charge is -2.38. The molecule has 1 aliphatic heterocycles. The van der Waals surface area contributed by atoms with E-state index in [-0.39, 0.29) is 48.8 Å². The van der Waals surface area contributed by atoms with Crippen LogP contribution in [0.4, 0.5) is 32.2 Å². The maximum absolute atomic E-state index is 13.5. The van der Waals surface area contributed by atoms with Gasteiger partial charge in [0.15, 0.2) is 0 Å². The van der Waals surface area contributed by atoms with E-state index >= 15 is 0 Å². The van der Waals surface area contributed by atoms with Gasteiger partial charge in [-0.15, -0.1) is 0 Å². The molecule has 3 N–H and O–H groups in total. The van der Waals surface area contributed by atoms with E-state index in [4.69, 9.17) is 5.73 Å². The maximum Gasteiger partial charge on any atom is 0.329 e. The molecule has 3 aliphatic rings. The molecule has 2 amide bonds. The number of alkyl halides is 6. The van der Waals surface area contributed by atoms with Gasteiger partial charge in [-0.1, -0.05) is 6.58 Å². The number of carbonyl (C=O) groups is 2. The Bertz CT molecular complexity index is 984. The first-order valence-electron chi connectivity index (χ1n) is 11.0. The summed E-state index contributed by atoms with van der Waals surface area (Å²) in [5.41, 5.74) is 6.17. The van der Waals surface area contributed by atoms with Crippen LogP contribution >= 0.6 is 0 Å². The summed E-state index contributed by atoms with van der Waals surface area (Å²) >= 11 is 0. The van der Waals surface area contributed by atoms with Gasteiger partial charge in [0, 0.05) is 30.4 Å². The fourth-order valence-corrected chi connectivity index (χ4v) is 4.78. The highest BCUT2D eigenvalue weighted by Crippen LogP contribution is 2.45. The van der Waals surface area contributed by atoms with Crippen molar-refractivity contribution in [3.8, 4) is 0 Å². The van der Waals surface area contributed by atoms with Crippen LogP contribution < -0.4 is 11.1 Å². The fourth-order valence-electron chi connectivity index (χ4n) is 4.78. The summed E-state index contributed by atoms with van der Waals surface area (Å²) < 4.78 is 82.1. The summed E-state index contributed by atoms with van der Waals surface area (Å²) in [6, 6.07) is -0.366. The van der Waals surface area contributed by atoms with Crippen molar-refractivity contribution in [3.05, 3.63) is 24.0 Å². The molecule has 0 aromatic carbocycles. The molecule has 0 radical (unpaired) electrons. The smallest absolute Gasteiger partial charge is 0.329 e. The van der Waals surface area contributed by atoms with Crippen LogP contribution in [0, 0.1) is 11.8 Å². The van der Waals surface area contributed by atoms with E-state index in [9.17, 15) is 35.9 Å². The van der Waals surface area contributed by atoms with E-state index in [0.717, 1.165) is 0 Å². The Kier molecular flexibility index (Phi) is 5.88. The highest BCUT2D eigenvalue weighted by atomic mass is 19.3. The number of aromatic nitrogens is 2. The largest absolute Gasteiger partial charge is 0.383 e. The van der Waals surface area contributed by atoms with Gasteiger partial charge in [-0.2, -0.15) is 22.7 Å². The van der Waals surface area contributed by atoms with Crippen molar-refractivity contribution in [2.24, 2.45) is 11.8 Å². The number of carbonyl (C=O) groups excluding carboxylic acids is 2. The Morgan fingerprint density at radius 3 is 2.09 bits per heavy atom. The molecule has 2 aliphatic carbocycles. The Morgan fingerprint density at radius 1 is 1.00 bits per heavy atom. The molecule has 0 spiro atoms. The molecular weight excluding hydrogens is 468 g/mol. The Morgan fingerprint density at radius 2 is 1.56 bits per heavy atom. The number of halogens is 6. The Balaban J connectivity index is 1.37. The highest BCUT2D eigenvalue weighted by molar-refractivity contribution is 5.99. The van der Waals surface area contributed by atoms with Crippen molar-refractivity contribution < 1.29 is 35.9 Å². The molecule has 2 atom stereocenters. The minimum absolute atomic E-state index is 0.000453. The summed E-state index contributed by atoms with van der Waals surface area (Å²) in [5.74, 6) is -14.3. The number of hydrogen-bond acceptors (Lipinski definition) is 4. The molecule has 3 fully saturated rings. The molecule has 4 rings (SSSR count). The van der Waals surface area contributed by atoms with Gasteiger partial charge in [0.05, 0.1) is 25.3 Å². The van der Waals surface area contributed by atoms with Crippen molar-refractivity contribution in [1.29, 1.82) is 0 Å². The van der Waals surface area contributed by atoms with Crippen LogP contribution in [0.5, 0.6) is 0 Å². The van der Waals surface area contributed by atoms with Crippen LogP contribution in [0.25, 0.3) is 0 Å². The number of nitrogen functional groups attached to an aromatic ring is 1. The summed E-state index contributed by atoms with van der Waals surface area (Å²) in [5, 5.41) is 6.59. The molecule has 13 heteroatoms. The second-order valence-corrected chi connectivity index (χ2v) is 9.35. The molecular formula is C21H25F6N5O2. The van der Waals surface area contributed by atoms with Crippen LogP contribution in [-0.2, 0) is 4.79 Å². The number of likely N-dealkylation sites (tertiary alicyclic amines) is 1. The molecule has 2 heterocycles. The lowest BCUT2D eigenvalue weighted by Crippen LogP contribution is -2.46. The Hall–Kier alpha value is -2.73. The molecule has 188 valence electrons. The number of amides is 2. The molecule has 34 heavy (non-hydrogen) atoms. The average molecular weight is 493 g/mol. The SMILES string of the molecule is C=C(NC(=O)c1cnn(C2CCC(F)(F)CC2)c1N)[C@H]1CC[C@@H]1C(=O)N1CC(F)(F)C(F)(F)C1. The summed E-state index contributed by atoms with van der Waals surface area (Å²) in [7, 11) is 0. The first-order chi connectivity index (χ1) is 15.7. The van der Waals surface area contributed by atoms with E-state index in [1.807, 2.05) is 0 Å². The number of allylic oxidation sites excluding steroid dienone is 1. The standard InChI is InChI=1S/C21H25F6N5O2/c1-11(13-2-3-14(13)18(34)31-9-20(24,25)21(26,27)10-31)30-17(33)15-8-29-32(16(15)28)12-4-6-19(22,23)7-5-12/h8,12-14H,1-7,9-10,28H2,(H,30,33)/t13-,14+/m1/s1. The summed E-state index contributed by atoms with van der Waals surface area (Å²) in [6.07, 6.45) is 1.63. The van der Waals surface area contributed by atoms with Crippen molar-refractivity contribution >= 4 is 17.6 Å². The molecule has 7 nitrogen and oxygen atoms in total. The van der Waals surface area contributed by atoms with Crippen molar-refractivity contribution in [2.45, 2.75) is 62.3 Å². The quantitative estimate of drug-likeness (QED) is 0.613. The van der Waals surface area contributed by atoms with Gasteiger partial charge >= 0.3 is 11.8 Å². The van der Waals surface area contributed by atoms with Crippen LogP contribution in [0.2, 0.25) is 0 Å². The molecule has 1 saturated heterocycles.